The highest BCUT2D eigenvalue weighted by Crippen LogP contribution is 2.39. The summed E-state index contributed by atoms with van der Waals surface area (Å²) in [7, 11) is 0. The maximum absolute atomic E-state index is 12.5. The number of likely N-dealkylation sites (tertiary alicyclic amines) is 2. The van der Waals surface area contributed by atoms with E-state index >= 15 is 0 Å². The Hall–Kier alpha value is -2.35. The first-order valence-electron chi connectivity index (χ1n) is 10.3. The van der Waals surface area contributed by atoms with Gasteiger partial charge in [0.2, 0.25) is 5.91 Å². The van der Waals surface area contributed by atoms with Gasteiger partial charge >= 0.3 is 0 Å². The highest BCUT2D eigenvalue weighted by molar-refractivity contribution is 5.77. The smallest absolute Gasteiger partial charge is 0.222 e. The molecule has 8 heteroatoms. The van der Waals surface area contributed by atoms with Gasteiger partial charge < -0.3 is 9.80 Å². The summed E-state index contributed by atoms with van der Waals surface area (Å²) in [6.45, 7) is 7.54. The molecule has 0 saturated carbocycles. The zero-order valence-electron chi connectivity index (χ0n) is 16.6. The standard InChI is InChI=1S/C20H29N7O/c1-17-22-23-24-27(17)13-5-12-25-11-4-8-20(15-25)9-7-19(28)26(16-20)14-18-6-2-3-10-21-18/h2-3,6,10H,4-5,7-9,11-16H2,1H3. The van der Waals surface area contributed by atoms with Crippen LogP contribution in [-0.4, -0.2) is 67.1 Å². The summed E-state index contributed by atoms with van der Waals surface area (Å²) in [6, 6.07) is 5.91. The van der Waals surface area contributed by atoms with Crippen LogP contribution in [0.3, 0.4) is 0 Å². The molecule has 2 saturated heterocycles. The minimum Gasteiger partial charge on any atom is -0.336 e. The van der Waals surface area contributed by atoms with Crippen molar-refractivity contribution < 1.29 is 4.79 Å². The molecule has 1 atom stereocenters. The van der Waals surface area contributed by atoms with Crippen molar-refractivity contribution in [3.05, 3.63) is 35.9 Å². The summed E-state index contributed by atoms with van der Waals surface area (Å²) < 4.78 is 1.87. The van der Waals surface area contributed by atoms with Gasteiger partial charge in [-0.15, -0.1) is 5.10 Å². The number of rotatable bonds is 6. The van der Waals surface area contributed by atoms with Crippen molar-refractivity contribution in [2.24, 2.45) is 5.41 Å². The Bertz CT molecular complexity index is 793. The van der Waals surface area contributed by atoms with Crippen molar-refractivity contribution in [2.45, 2.75) is 52.1 Å². The van der Waals surface area contributed by atoms with Crippen LogP contribution >= 0.6 is 0 Å². The van der Waals surface area contributed by atoms with Crippen molar-refractivity contribution in [2.75, 3.05) is 26.2 Å². The molecule has 150 valence electrons. The van der Waals surface area contributed by atoms with Crippen molar-refractivity contribution in [1.29, 1.82) is 0 Å². The molecule has 2 aromatic heterocycles. The first kappa shape index (κ1) is 19.0. The molecule has 28 heavy (non-hydrogen) atoms. The quantitative estimate of drug-likeness (QED) is 0.755. The molecule has 0 aliphatic carbocycles. The highest BCUT2D eigenvalue weighted by atomic mass is 16.2. The van der Waals surface area contributed by atoms with E-state index in [2.05, 4.69) is 25.4 Å². The second-order valence-electron chi connectivity index (χ2n) is 8.25. The summed E-state index contributed by atoms with van der Waals surface area (Å²) >= 11 is 0. The highest BCUT2D eigenvalue weighted by Gasteiger charge is 2.41. The van der Waals surface area contributed by atoms with Gasteiger partial charge in [0.25, 0.3) is 0 Å². The number of pyridine rings is 1. The Morgan fingerprint density at radius 2 is 2.11 bits per heavy atom. The van der Waals surface area contributed by atoms with E-state index in [-0.39, 0.29) is 11.3 Å². The number of amides is 1. The molecule has 4 heterocycles. The van der Waals surface area contributed by atoms with Crippen LogP contribution in [0.2, 0.25) is 0 Å². The van der Waals surface area contributed by atoms with Crippen LogP contribution in [0.25, 0.3) is 0 Å². The van der Waals surface area contributed by atoms with E-state index < -0.39 is 0 Å². The van der Waals surface area contributed by atoms with E-state index in [9.17, 15) is 4.79 Å². The van der Waals surface area contributed by atoms with Crippen LogP contribution in [0.5, 0.6) is 0 Å². The van der Waals surface area contributed by atoms with Gasteiger partial charge in [0.1, 0.15) is 5.82 Å². The van der Waals surface area contributed by atoms with Gasteiger partial charge in [0, 0.05) is 37.7 Å². The average molecular weight is 384 g/mol. The van der Waals surface area contributed by atoms with Crippen LogP contribution in [0.4, 0.5) is 0 Å². The molecule has 0 N–H and O–H groups in total. The van der Waals surface area contributed by atoms with Crippen LogP contribution in [0.15, 0.2) is 24.4 Å². The van der Waals surface area contributed by atoms with E-state index in [1.54, 1.807) is 6.20 Å². The zero-order valence-corrected chi connectivity index (χ0v) is 16.6. The molecule has 2 aliphatic rings. The molecule has 8 nitrogen and oxygen atoms in total. The summed E-state index contributed by atoms with van der Waals surface area (Å²) in [4.78, 5) is 21.5. The fourth-order valence-electron chi connectivity index (χ4n) is 4.67. The first-order valence-corrected chi connectivity index (χ1v) is 10.3. The van der Waals surface area contributed by atoms with E-state index in [1.165, 1.54) is 12.8 Å². The van der Waals surface area contributed by atoms with Gasteiger partial charge in [0.15, 0.2) is 0 Å². The largest absolute Gasteiger partial charge is 0.336 e. The molecule has 2 fully saturated rings. The van der Waals surface area contributed by atoms with Crippen molar-refractivity contribution in [1.82, 2.24) is 35.0 Å². The number of carbonyl (C=O) groups excluding carboxylic acids is 1. The topological polar surface area (TPSA) is 80.0 Å². The minimum atomic E-state index is 0.228. The molecular weight excluding hydrogens is 354 g/mol. The molecule has 1 unspecified atom stereocenters. The third-order valence-corrected chi connectivity index (χ3v) is 6.12. The van der Waals surface area contributed by atoms with Crippen LogP contribution in [-0.2, 0) is 17.9 Å². The number of tetrazole rings is 1. The molecule has 2 aromatic rings. The number of aryl methyl sites for hydroxylation is 2. The normalized spacial score (nSPS) is 23.5. The minimum absolute atomic E-state index is 0.228. The molecule has 1 amide bonds. The Kier molecular flexibility index (Phi) is 5.66. The van der Waals surface area contributed by atoms with Gasteiger partial charge in [-0.3, -0.25) is 9.78 Å². The lowest BCUT2D eigenvalue weighted by atomic mass is 9.73. The lowest BCUT2D eigenvalue weighted by Gasteiger charge is -2.48. The molecule has 0 radical (unpaired) electrons. The van der Waals surface area contributed by atoms with Gasteiger partial charge in [-0.25, -0.2) is 4.68 Å². The predicted molar refractivity (Wildman–Crippen MR) is 104 cm³/mol. The van der Waals surface area contributed by atoms with Crippen molar-refractivity contribution >= 4 is 5.91 Å². The number of piperidine rings is 2. The summed E-state index contributed by atoms with van der Waals surface area (Å²) in [5.74, 6) is 1.13. The SMILES string of the molecule is Cc1nnnn1CCCN1CCCC2(CCC(=O)N(Cc3ccccn3)C2)C1. The third kappa shape index (κ3) is 4.38. The molecular formula is C20H29N7O. The van der Waals surface area contributed by atoms with Gasteiger partial charge in [-0.1, -0.05) is 6.07 Å². The number of hydrogen-bond donors (Lipinski definition) is 0. The van der Waals surface area contributed by atoms with Gasteiger partial charge in [0.05, 0.1) is 12.2 Å². The lowest BCUT2D eigenvalue weighted by Crippen LogP contribution is -2.53. The Balaban J connectivity index is 1.34. The molecule has 0 aromatic carbocycles. The Morgan fingerprint density at radius 3 is 2.89 bits per heavy atom. The Labute approximate surface area is 165 Å². The van der Waals surface area contributed by atoms with Crippen LogP contribution < -0.4 is 0 Å². The maximum atomic E-state index is 12.5. The first-order chi connectivity index (χ1) is 13.6. The van der Waals surface area contributed by atoms with Crippen molar-refractivity contribution in [3.63, 3.8) is 0 Å². The Morgan fingerprint density at radius 1 is 1.18 bits per heavy atom. The molecule has 0 bridgehead atoms. The number of aromatic nitrogens is 5. The number of carbonyl (C=O) groups is 1. The molecule has 2 aliphatic heterocycles. The maximum Gasteiger partial charge on any atom is 0.222 e. The summed E-state index contributed by atoms with van der Waals surface area (Å²) in [5.41, 5.74) is 1.20. The van der Waals surface area contributed by atoms with E-state index in [1.807, 2.05) is 34.7 Å². The number of hydrogen-bond acceptors (Lipinski definition) is 6. The van der Waals surface area contributed by atoms with Crippen LogP contribution in [0.1, 0.15) is 43.6 Å². The third-order valence-electron chi connectivity index (χ3n) is 6.12. The number of nitrogens with zero attached hydrogens (tertiary/aromatic N) is 7. The lowest BCUT2D eigenvalue weighted by molar-refractivity contribution is -0.140. The monoisotopic (exact) mass is 383 g/mol. The second-order valence-corrected chi connectivity index (χ2v) is 8.25. The molecule has 1 spiro atoms. The average Bonchev–Trinajstić information content (AvgIpc) is 3.11. The van der Waals surface area contributed by atoms with Gasteiger partial charge in [-0.2, -0.15) is 0 Å². The fourth-order valence-corrected chi connectivity index (χ4v) is 4.67. The zero-order chi connectivity index (χ0) is 19.4. The second kappa shape index (κ2) is 8.34. The van der Waals surface area contributed by atoms with Gasteiger partial charge in [-0.05, 0) is 68.3 Å². The van der Waals surface area contributed by atoms with E-state index in [0.29, 0.717) is 13.0 Å². The fraction of sp³-hybridized carbons (Fsp3) is 0.650. The summed E-state index contributed by atoms with van der Waals surface area (Å²) in [5, 5.41) is 11.7. The van der Waals surface area contributed by atoms with Crippen molar-refractivity contribution in [3.8, 4) is 0 Å². The van der Waals surface area contributed by atoms with Crippen LogP contribution in [0, 0.1) is 12.3 Å². The summed E-state index contributed by atoms with van der Waals surface area (Å²) in [6.07, 6.45) is 6.92. The van der Waals surface area contributed by atoms with E-state index in [4.69, 9.17) is 0 Å². The predicted octanol–water partition coefficient (Wildman–Crippen LogP) is 1.67. The molecule has 4 rings (SSSR count). The van der Waals surface area contributed by atoms with E-state index in [0.717, 1.165) is 57.1 Å².